The molecule has 0 radical (unpaired) electrons. The first-order chi connectivity index (χ1) is 9.67. The van der Waals surface area contributed by atoms with Gasteiger partial charge in [0.05, 0.1) is 5.69 Å². The highest BCUT2D eigenvalue weighted by atomic mass is 16.3. The van der Waals surface area contributed by atoms with Crippen LogP contribution in [0.15, 0.2) is 6.20 Å². The number of fused-ring (bicyclic) bond motifs is 1. The topological polar surface area (TPSA) is 41.3 Å². The predicted octanol–water partition coefficient (Wildman–Crippen LogP) is 1.85. The Kier molecular flexibility index (Phi) is 4.13. The quantitative estimate of drug-likeness (QED) is 0.913. The van der Waals surface area contributed by atoms with Gasteiger partial charge in [-0.05, 0) is 39.7 Å². The first-order valence-electron chi connectivity index (χ1n) is 8.09. The summed E-state index contributed by atoms with van der Waals surface area (Å²) in [5.41, 5.74) is 1.25. The molecule has 3 heterocycles. The van der Waals surface area contributed by atoms with Gasteiger partial charge in [-0.25, -0.2) is 4.98 Å². The minimum absolute atomic E-state index is 0.302. The number of rotatable bonds is 4. The van der Waals surface area contributed by atoms with Crippen molar-refractivity contribution < 1.29 is 5.11 Å². The van der Waals surface area contributed by atoms with Crippen LogP contribution in [0.1, 0.15) is 44.6 Å². The highest BCUT2D eigenvalue weighted by Gasteiger charge is 2.28. The number of hydrogen-bond donors (Lipinski definition) is 1. The molecule has 1 aromatic heterocycles. The van der Waals surface area contributed by atoms with E-state index in [1.165, 1.54) is 30.9 Å². The zero-order valence-electron chi connectivity index (χ0n) is 12.8. The fourth-order valence-electron chi connectivity index (χ4n) is 3.82. The van der Waals surface area contributed by atoms with Crippen LogP contribution in [0.25, 0.3) is 0 Å². The van der Waals surface area contributed by atoms with Gasteiger partial charge in [-0.2, -0.15) is 0 Å². The first kappa shape index (κ1) is 14.1. The lowest BCUT2D eigenvalue weighted by molar-refractivity contribution is 0.190. The molecule has 0 aromatic carbocycles. The number of aromatic nitrogens is 2. The summed E-state index contributed by atoms with van der Waals surface area (Å²) in [5.74, 6) is 1.64. The Morgan fingerprint density at radius 1 is 1.40 bits per heavy atom. The summed E-state index contributed by atoms with van der Waals surface area (Å²) >= 11 is 0. The molecule has 3 rings (SSSR count). The summed E-state index contributed by atoms with van der Waals surface area (Å²) in [7, 11) is 0. The van der Waals surface area contributed by atoms with E-state index in [4.69, 9.17) is 4.98 Å². The predicted molar refractivity (Wildman–Crippen MR) is 79.7 cm³/mol. The highest BCUT2D eigenvalue weighted by Crippen LogP contribution is 2.25. The van der Waals surface area contributed by atoms with Crippen LogP contribution in [-0.4, -0.2) is 44.8 Å². The first-order valence-corrected chi connectivity index (χ1v) is 8.09. The number of likely N-dealkylation sites (tertiary alicyclic amines) is 1. The van der Waals surface area contributed by atoms with Gasteiger partial charge in [0.2, 0.25) is 0 Å². The van der Waals surface area contributed by atoms with E-state index in [0.29, 0.717) is 24.6 Å². The van der Waals surface area contributed by atoms with Gasteiger partial charge in [0, 0.05) is 50.2 Å². The average Bonchev–Trinajstić information content (AvgIpc) is 3.03. The second-order valence-corrected chi connectivity index (χ2v) is 6.72. The van der Waals surface area contributed by atoms with E-state index in [9.17, 15) is 5.11 Å². The van der Waals surface area contributed by atoms with E-state index >= 15 is 0 Å². The van der Waals surface area contributed by atoms with Crippen molar-refractivity contribution in [1.29, 1.82) is 0 Å². The number of aliphatic hydroxyl groups excluding tert-OH is 1. The van der Waals surface area contributed by atoms with Crippen molar-refractivity contribution in [2.75, 3.05) is 13.2 Å². The molecule has 0 aliphatic carbocycles. The third-order valence-electron chi connectivity index (χ3n) is 4.93. The molecule has 1 fully saturated rings. The number of aryl methyl sites for hydroxylation is 1. The second kappa shape index (κ2) is 5.86. The lowest BCUT2D eigenvalue weighted by atomic mass is 10.0. The fraction of sp³-hybridized carbons (Fsp3) is 0.812. The van der Waals surface area contributed by atoms with Crippen LogP contribution in [0.2, 0.25) is 0 Å². The van der Waals surface area contributed by atoms with Gasteiger partial charge in [0.1, 0.15) is 5.82 Å². The Balaban J connectivity index is 1.68. The third kappa shape index (κ3) is 2.77. The number of imidazole rings is 1. The van der Waals surface area contributed by atoms with Crippen LogP contribution in [0, 0.1) is 5.92 Å². The zero-order chi connectivity index (χ0) is 14.1. The van der Waals surface area contributed by atoms with Gasteiger partial charge in [-0.1, -0.05) is 0 Å². The van der Waals surface area contributed by atoms with Crippen molar-refractivity contribution in [3.63, 3.8) is 0 Å². The van der Waals surface area contributed by atoms with Crippen LogP contribution in [0.5, 0.6) is 0 Å². The van der Waals surface area contributed by atoms with Crippen molar-refractivity contribution in [1.82, 2.24) is 14.5 Å². The Morgan fingerprint density at radius 2 is 2.25 bits per heavy atom. The van der Waals surface area contributed by atoms with E-state index in [1.54, 1.807) is 0 Å². The van der Waals surface area contributed by atoms with Gasteiger partial charge >= 0.3 is 0 Å². The number of hydrogen-bond acceptors (Lipinski definition) is 3. The SMILES string of the molecule is CC(C)N1CCCC1Cc1cn2c(n1)CCC(CO)C2. The van der Waals surface area contributed by atoms with E-state index in [0.717, 1.165) is 25.8 Å². The normalized spacial score (nSPS) is 27.2. The van der Waals surface area contributed by atoms with E-state index < -0.39 is 0 Å². The Bertz CT molecular complexity index is 455. The van der Waals surface area contributed by atoms with Gasteiger partial charge in [0.25, 0.3) is 0 Å². The minimum atomic E-state index is 0.302. The second-order valence-electron chi connectivity index (χ2n) is 6.72. The molecule has 0 spiro atoms. The molecule has 2 aliphatic heterocycles. The molecule has 0 amide bonds. The van der Waals surface area contributed by atoms with Crippen molar-refractivity contribution >= 4 is 0 Å². The van der Waals surface area contributed by atoms with Crippen molar-refractivity contribution in [2.45, 2.75) is 64.6 Å². The van der Waals surface area contributed by atoms with Gasteiger partial charge in [-0.15, -0.1) is 0 Å². The summed E-state index contributed by atoms with van der Waals surface area (Å²) in [5, 5.41) is 9.31. The smallest absolute Gasteiger partial charge is 0.108 e. The monoisotopic (exact) mass is 277 g/mol. The Hall–Kier alpha value is -0.870. The molecule has 1 N–H and O–H groups in total. The van der Waals surface area contributed by atoms with Crippen molar-refractivity contribution in [2.24, 2.45) is 5.92 Å². The summed E-state index contributed by atoms with van der Waals surface area (Å²) < 4.78 is 2.27. The summed E-state index contributed by atoms with van der Waals surface area (Å²) in [6.07, 6.45) is 8.04. The Labute approximate surface area is 121 Å². The molecular formula is C16H27N3O. The van der Waals surface area contributed by atoms with Crippen molar-refractivity contribution in [3.8, 4) is 0 Å². The minimum Gasteiger partial charge on any atom is -0.396 e. The molecule has 20 heavy (non-hydrogen) atoms. The van der Waals surface area contributed by atoms with Crippen LogP contribution in [0.4, 0.5) is 0 Å². The lowest BCUT2D eigenvalue weighted by Gasteiger charge is -2.27. The number of aliphatic hydroxyl groups is 1. The van der Waals surface area contributed by atoms with Gasteiger partial charge < -0.3 is 9.67 Å². The van der Waals surface area contributed by atoms with Gasteiger partial charge in [-0.3, -0.25) is 4.90 Å². The summed E-state index contributed by atoms with van der Waals surface area (Å²) in [6.45, 7) is 7.07. The standard InChI is InChI=1S/C16H27N3O/c1-12(2)19-7-3-4-15(19)8-14-10-18-9-13(11-20)5-6-16(18)17-14/h10,12-13,15,20H,3-9,11H2,1-2H3. The van der Waals surface area contributed by atoms with Crippen molar-refractivity contribution in [3.05, 3.63) is 17.7 Å². The zero-order valence-corrected chi connectivity index (χ0v) is 12.8. The fourth-order valence-corrected chi connectivity index (χ4v) is 3.82. The highest BCUT2D eigenvalue weighted by molar-refractivity contribution is 5.09. The summed E-state index contributed by atoms with van der Waals surface area (Å²) in [6, 6.07) is 1.30. The maximum absolute atomic E-state index is 9.31. The molecule has 2 aliphatic rings. The Morgan fingerprint density at radius 3 is 3.00 bits per heavy atom. The van der Waals surface area contributed by atoms with Crippen LogP contribution in [-0.2, 0) is 19.4 Å². The van der Waals surface area contributed by atoms with Crippen LogP contribution < -0.4 is 0 Å². The van der Waals surface area contributed by atoms with Crippen LogP contribution in [0.3, 0.4) is 0 Å². The molecule has 2 atom stereocenters. The summed E-state index contributed by atoms with van der Waals surface area (Å²) in [4.78, 5) is 7.45. The average molecular weight is 277 g/mol. The molecule has 0 bridgehead atoms. The molecule has 1 aromatic rings. The molecular weight excluding hydrogens is 250 g/mol. The largest absolute Gasteiger partial charge is 0.396 e. The van der Waals surface area contributed by atoms with Crippen LogP contribution >= 0.6 is 0 Å². The number of nitrogens with zero attached hydrogens (tertiary/aromatic N) is 3. The molecule has 2 unspecified atom stereocenters. The molecule has 4 nitrogen and oxygen atoms in total. The lowest BCUT2D eigenvalue weighted by Crippen LogP contribution is -2.36. The maximum Gasteiger partial charge on any atom is 0.108 e. The maximum atomic E-state index is 9.31. The molecule has 0 saturated carbocycles. The molecule has 4 heteroatoms. The van der Waals surface area contributed by atoms with E-state index in [1.807, 2.05) is 0 Å². The van der Waals surface area contributed by atoms with E-state index in [-0.39, 0.29) is 0 Å². The molecule has 1 saturated heterocycles. The molecule has 112 valence electrons. The van der Waals surface area contributed by atoms with Gasteiger partial charge in [0.15, 0.2) is 0 Å². The van der Waals surface area contributed by atoms with E-state index in [2.05, 4.69) is 29.5 Å². The third-order valence-corrected chi connectivity index (χ3v) is 4.93.